The van der Waals surface area contributed by atoms with Gasteiger partial charge in [0.1, 0.15) is 0 Å². The molecule has 0 saturated carbocycles. The Kier molecular flexibility index (Phi) is 4.90. The molecule has 2 aromatic rings. The Labute approximate surface area is 128 Å². The molecule has 1 aromatic carbocycles. The molecule has 2 rings (SSSR count). The van der Waals surface area contributed by atoms with Crippen molar-refractivity contribution in [2.75, 3.05) is 27.2 Å². The summed E-state index contributed by atoms with van der Waals surface area (Å²) in [5.41, 5.74) is 1.21. The average Bonchev–Trinajstić information content (AvgIpc) is 2.96. The number of aromatic nitrogens is 1. The minimum atomic E-state index is -0.454. The zero-order valence-corrected chi connectivity index (χ0v) is 12.5. The smallest absolute Gasteiger partial charge is 0.278 e. The first-order chi connectivity index (χ1) is 10.5. The van der Waals surface area contributed by atoms with Crippen LogP contribution in [0.2, 0.25) is 0 Å². The number of rotatable bonds is 6. The van der Waals surface area contributed by atoms with Gasteiger partial charge in [-0.15, -0.1) is 0 Å². The summed E-state index contributed by atoms with van der Waals surface area (Å²) in [7, 11) is 3.84. The molecule has 7 heteroatoms. The maximum atomic E-state index is 12.2. The molecule has 2 N–H and O–H groups in total. The first-order valence-corrected chi connectivity index (χ1v) is 6.85. The molecule has 0 spiro atoms. The summed E-state index contributed by atoms with van der Waals surface area (Å²) in [6.07, 6.45) is 1.60. The van der Waals surface area contributed by atoms with Crippen molar-refractivity contribution in [3.05, 3.63) is 52.2 Å². The molecule has 0 aliphatic carbocycles. The molecule has 0 radical (unpaired) electrons. The first kappa shape index (κ1) is 15.7. The minimum Gasteiger partial charge on any atom is -0.360 e. The fourth-order valence-electron chi connectivity index (χ4n) is 2.11. The molecule has 0 saturated heterocycles. The molecule has 116 valence electrons. The van der Waals surface area contributed by atoms with Crippen molar-refractivity contribution in [2.24, 2.45) is 0 Å². The van der Waals surface area contributed by atoms with Gasteiger partial charge in [0.2, 0.25) is 0 Å². The second-order valence-corrected chi connectivity index (χ2v) is 5.10. The third kappa shape index (κ3) is 3.50. The van der Waals surface area contributed by atoms with Crippen LogP contribution in [-0.4, -0.2) is 47.9 Å². The van der Waals surface area contributed by atoms with E-state index in [2.05, 4.69) is 10.3 Å². The summed E-state index contributed by atoms with van der Waals surface area (Å²) in [6.45, 7) is 1.23. The Morgan fingerprint density at radius 2 is 2.05 bits per heavy atom. The van der Waals surface area contributed by atoms with Gasteiger partial charge in [0, 0.05) is 25.4 Å². The van der Waals surface area contributed by atoms with E-state index >= 15 is 0 Å². The molecule has 0 unspecified atom stereocenters. The zero-order valence-electron chi connectivity index (χ0n) is 12.5. The summed E-state index contributed by atoms with van der Waals surface area (Å²) in [5.74, 6) is -0.253. The van der Waals surface area contributed by atoms with Crippen molar-refractivity contribution in [3.8, 4) is 11.3 Å². The van der Waals surface area contributed by atoms with Gasteiger partial charge in [-0.25, -0.2) is 0 Å². The van der Waals surface area contributed by atoms with Crippen LogP contribution >= 0.6 is 0 Å². The van der Waals surface area contributed by atoms with Crippen LogP contribution in [0.4, 0.5) is 5.69 Å². The predicted molar refractivity (Wildman–Crippen MR) is 83.8 cm³/mol. The molecule has 1 aromatic heterocycles. The van der Waals surface area contributed by atoms with Gasteiger partial charge in [-0.05, 0) is 26.2 Å². The number of aromatic amines is 1. The van der Waals surface area contributed by atoms with Crippen LogP contribution in [0.15, 0.2) is 36.5 Å². The fraction of sp³-hybridized carbons (Fsp3) is 0.267. The standard InChI is InChI=1S/C15H18N4O3/c1-18(2)10-9-17-15(20)12-7-8-16-14(12)11-5-3-4-6-13(11)19(21)22/h3-8,16H,9-10H2,1-2H3,(H,17,20). The number of hydrogen-bond donors (Lipinski definition) is 2. The number of hydrogen-bond acceptors (Lipinski definition) is 4. The number of likely N-dealkylation sites (N-methyl/N-ethyl adjacent to an activating group) is 1. The lowest BCUT2D eigenvalue weighted by Gasteiger charge is -2.11. The number of nitro benzene ring substituents is 1. The third-order valence-corrected chi connectivity index (χ3v) is 3.21. The summed E-state index contributed by atoms with van der Waals surface area (Å²) < 4.78 is 0. The van der Waals surface area contributed by atoms with Gasteiger partial charge in [-0.1, -0.05) is 12.1 Å². The summed E-state index contributed by atoms with van der Waals surface area (Å²) in [4.78, 5) is 27.8. The maximum absolute atomic E-state index is 12.2. The number of carbonyl (C=O) groups is 1. The number of carbonyl (C=O) groups excluding carboxylic acids is 1. The largest absolute Gasteiger partial charge is 0.360 e. The lowest BCUT2D eigenvalue weighted by atomic mass is 10.1. The summed E-state index contributed by atoms with van der Waals surface area (Å²) in [6, 6.07) is 7.97. The van der Waals surface area contributed by atoms with E-state index in [9.17, 15) is 14.9 Å². The van der Waals surface area contributed by atoms with Crippen LogP contribution < -0.4 is 5.32 Å². The van der Waals surface area contributed by atoms with Gasteiger partial charge in [0.25, 0.3) is 11.6 Å². The number of H-pyrrole nitrogens is 1. The molecule has 22 heavy (non-hydrogen) atoms. The van der Waals surface area contributed by atoms with Crippen LogP contribution in [0.5, 0.6) is 0 Å². The second kappa shape index (κ2) is 6.86. The van der Waals surface area contributed by atoms with Crippen LogP contribution in [0.1, 0.15) is 10.4 Å². The Morgan fingerprint density at radius 1 is 1.32 bits per heavy atom. The Morgan fingerprint density at radius 3 is 2.73 bits per heavy atom. The van der Waals surface area contributed by atoms with Gasteiger partial charge in [-0.2, -0.15) is 0 Å². The number of nitrogens with one attached hydrogen (secondary N) is 2. The van der Waals surface area contributed by atoms with E-state index in [4.69, 9.17) is 0 Å². The number of benzene rings is 1. The van der Waals surface area contributed by atoms with Gasteiger partial charge in [0.05, 0.1) is 21.7 Å². The van der Waals surface area contributed by atoms with Crippen LogP contribution in [0.3, 0.4) is 0 Å². The van der Waals surface area contributed by atoms with E-state index in [-0.39, 0.29) is 11.6 Å². The van der Waals surface area contributed by atoms with Crippen molar-refractivity contribution in [2.45, 2.75) is 0 Å². The van der Waals surface area contributed by atoms with Gasteiger partial charge in [-0.3, -0.25) is 14.9 Å². The quantitative estimate of drug-likeness (QED) is 0.629. The highest BCUT2D eigenvalue weighted by molar-refractivity contribution is 6.01. The maximum Gasteiger partial charge on any atom is 0.278 e. The summed E-state index contributed by atoms with van der Waals surface area (Å²) >= 11 is 0. The fourth-order valence-corrected chi connectivity index (χ4v) is 2.11. The number of amides is 1. The second-order valence-electron chi connectivity index (χ2n) is 5.10. The van der Waals surface area contributed by atoms with Gasteiger partial charge in [0.15, 0.2) is 0 Å². The highest BCUT2D eigenvalue weighted by atomic mass is 16.6. The summed E-state index contributed by atoms with van der Waals surface area (Å²) in [5, 5.41) is 13.9. The van der Waals surface area contributed by atoms with Crippen molar-refractivity contribution in [1.82, 2.24) is 15.2 Å². The predicted octanol–water partition coefficient (Wildman–Crippen LogP) is 1.88. The van der Waals surface area contributed by atoms with E-state index in [1.54, 1.807) is 30.5 Å². The molecular formula is C15H18N4O3. The van der Waals surface area contributed by atoms with E-state index in [0.29, 0.717) is 23.4 Å². The van der Waals surface area contributed by atoms with E-state index in [0.717, 1.165) is 6.54 Å². The lowest BCUT2D eigenvalue weighted by Crippen LogP contribution is -2.31. The van der Waals surface area contributed by atoms with E-state index in [1.807, 2.05) is 19.0 Å². The highest BCUT2D eigenvalue weighted by Crippen LogP contribution is 2.30. The van der Waals surface area contributed by atoms with Crippen molar-refractivity contribution >= 4 is 11.6 Å². The van der Waals surface area contributed by atoms with E-state index < -0.39 is 4.92 Å². The monoisotopic (exact) mass is 302 g/mol. The van der Waals surface area contributed by atoms with Crippen LogP contribution in [0.25, 0.3) is 11.3 Å². The number of nitrogens with zero attached hydrogens (tertiary/aromatic N) is 2. The SMILES string of the molecule is CN(C)CCNC(=O)c1cc[nH]c1-c1ccccc1[N+](=O)[O-]. The molecule has 0 atom stereocenters. The molecule has 1 heterocycles. The Balaban J connectivity index is 2.27. The van der Waals surface area contributed by atoms with Gasteiger partial charge < -0.3 is 15.2 Å². The van der Waals surface area contributed by atoms with E-state index in [1.165, 1.54) is 6.07 Å². The molecule has 0 aliphatic rings. The van der Waals surface area contributed by atoms with Crippen LogP contribution in [0, 0.1) is 10.1 Å². The molecule has 0 fully saturated rings. The lowest BCUT2D eigenvalue weighted by molar-refractivity contribution is -0.384. The normalized spacial score (nSPS) is 10.7. The van der Waals surface area contributed by atoms with Crippen molar-refractivity contribution < 1.29 is 9.72 Å². The first-order valence-electron chi connectivity index (χ1n) is 6.85. The molecule has 0 bridgehead atoms. The third-order valence-electron chi connectivity index (χ3n) is 3.21. The Hall–Kier alpha value is -2.67. The number of para-hydroxylation sites is 1. The highest BCUT2D eigenvalue weighted by Gasteiger charge is 2.20. The number of nitro groups is 1. The van der Waals surface area contributed by atoms with Crippen molar-refractivity contribution in [1.29, 1.82) is 0 Å². The molecular weight excluding hydrogens is 284 g/mol. The molecule has 0 aliphatic heterocycles. The van der Waals surface area contributed by atoms with Crippen LogP contribution in [-0.2, 0) is 0 Å². The average molecular weight is 302 g/mol. The van der Waals surface area contributed by atoms with Gasteiger partial charge >= 0.3 is 0 Å². The van der Waals surface area contributed by atoms with Crippen molar-refractivity contribution in [3.63, 3.8) is 0 Å². The minimum absolute atomic E-state index is 0.0349. The topological polar surface area (TPSA) is 91.3 Å². The zero-order chi connectivity index (χ0) is 16.1. The Bertz CT molecular complexity index is 679. The molecule has 7 nitrogen and oxygen atoms in total. The molecule has 1 amide bonds.